The lowest BCUT2D eigenvalue weighted by molar-refractivity contribution is -0.116. The highest BCUT2D eigenvalue weighted by molar-refractivity contribution is 5.97. The van der Waals surface area contributed by atoms with E-state index in [9.17, 15) is 4.79 Å². The molecule has 0 atom stereocenters. The van der Waals surface area contributed by atoms with Crippen LogP contribution in [0.1, 0.15) is 32.1 Å². The molecule has 0 unspecified atom stereocenters. The van der Waals surface area contributed by atoms with E-state index < -0.39 is 0 Å². The zero-order valence-corrected chi connectivity index (χ0v) is 8.01. The minimum Gasteiger partial charge on any atom is -0.295 e. The molecule has 0 bridgehead atoms. The maximum absolute atomic E-state index is 11.5. The van der Waals surface area contributed by atoms with Crippen LogP contribution >= 0.6 is 0 Å². The van der Waals surface area contributed by atoms with Crippen LogP contribution in [-0.4, -0.2) is 5.78 Å². The molecule has 1 rings (SSSR count). The third kappa shape index (κ3) is 2.41. The van der Waals surface area contributed by atoms with Crippen LogP contribution in [0.4, 0.5) is 0 Å². The van der Waals surface area contributed by atoms with Gasteiger partial charge < -0.3 is 0 Å². The first-order valence-corrected chi connectivity index (χ1v) is 4.78. The molecule has 0 aromatic rings. The van der Waals surface area contributed by atoms with Gasteiger partial charge in [-0.1, -0.05) is 18.7 Å². The first-order valence-electron chi connectivity index (χ1n) is 4.78. The molecule has 0 saturated heterocycles. The lowest BCUT2D eigenvalue weighted by Crippen LogP contribution is -2.10. The molecule has 0 aromatic heterocycles. The first-order chi connectivity index (χ1) is 6.29. The molecular formula is C12H16O. The highest BCUT2D eigenvalue weighted by atomic mass is 16.1. The van der Waals surface area contributed by atoms with Gasteiger partial charge in [-0.05, 0) is 36.8 Å². The van der Waals surface area contributed by atoms with E-state index in [1.165, 1.54) is 0 Å². The van der Waals surface area contributed by atoms with Gasteiger partial charge in [0.15, 0.2) is 5.78 Å². The second-order valence-electron chi connectivity index (χ2n) is 3.31. The standard InChI is InChI=1S/C12H16O/c1-3-5-8-11-10(4-2)7-6-9-12(11)13/h3-4H,1-2,5-9H2. The van der Waals surface area contributed by atoms with E-state index in [1.54, 1.807) is 0 Å². The summed E-state index contributed by atoms with van der Waals surface area (Å²) >= 11 is 0. The maximum Gasteiger partial charge on any atom is 0.159 e. The maximum atomic E-state index is 11.5. The number of allylic oxidation sites excluding steroid dienone is 4. The van der Waals surface area contributed by atoms with Gasteiger partial charge in [0.1, 0.15) is 0 Å². The summed E-state index contributed by atoms with van der Waals surface area (Å²) in [5.41, 5.74) is 2.14. The lowest BCUT2D eigenvalue weighted by Gasteiger charge is -2.16. The second-order valence-corrected chi connectivity index (χ2v) is 3.31. The molecule has 1 aliphatic carbocycles. The summed E-state index contributed by atoms with van der Waals surface area (Å²) in [4.78, 5) is 11.5. The Hall–Kier alpha value is -1.11. The van der Waals surface area contributed by atoms with Gasteiger partial charge in [-0.2, -0.15) is 0 Å². The average molecular weight is 176 g/mol. The van der Waals surface area contributed by atoms with Crippen molar-refractivity contribution < 1.29 is 4.79 Å². The molecule has 1 heteroatoms. The zero-order valence-electron chi connectivity index (χ0n) is 8.01. The fourth-order valence-corrected chi connectivity index (χ4v) is 1.69. The number of carbonyl (C=O) groups excluding carboxylic acids is 1. The highest BCUT2D eigenvalue weighted by Gasteiger charge is 2.17. The molecule has 70 valence electrons. The van der Waals surface area contributed by atoms with Crippen molar-refractivity contribution in [2.24, 2.45) is 0 Å². The molecule has 0 saturated carbocycles. The van der Waals surface area contributed by atoms with Gasteiger partial charge in [-0.15, -0.1) is 6.58 Å². The van der Waals surface area contributed by atoms with Crippen molar-refractivity contribution in [1.82, 2.24) is 0 Å². The van der Waals surface area contributed by atoms with E-state index >= 15 is 0 Å². The molecule has 13 heavy (non-hydrogen) atoms. The number of hydrogen-bond donors (Lipinski definition) is 0. The summed E-state index contributed by atoms with van der Waals surface area (Å²) in [6.45, 7) is 7.40. The largest absolute Gasteiger partial charge is 0.295 e. The van der Waals surface area contributed by atoms with Crippen molar-refractivity contribution in [2.75, 3.05) is 0 Å². The number of rotatable bonds is 4. The molecule has 0 N–H and O–H groups in total. The highest BCUT2D eigenvalue weighted by Crippen LogP contribution is 2.25. The van der Waals surface area contributed by atoms with Crippen molar-refractivity contribution >= 4 is 5.78 Å². The third-order valence-electron chi connectivity index (χ3n) is 2.42. The Balaban J connectivity index is 2.80. The van der Waals surface area contributed by atoms with Gasteiger partial charge in [0.05, 0.1) is 0 Å². The van der Waals surface area contributed by atoms with E-state index in [1.807, 2.05) is 12.2 Å². The minimum atomic E-state index is 0.308. The molecule has 0 fully saturated rings. The van der Waals surface area contributed by atoms with Crippen LogP contribution in [0.2, 0.25) is 0 Å². The smallest absolute Gasteiger partial charge is 0.159 e. The van der Waals surface area contributed by atoms with Crippen LogP contribution in [0.5, 0.6) is 0 Å². The topological polar surface area (TPSA) is 17.1 Å². The molecule has 0 radical (unpaired) electrons. The monoisotopic (exact) mass is 176 g/mol. The van der Waals surface area contributed by atoms with Crippen LogP contribution in [0.15, 0.2) is 36.5 Å². The third-order valence-corrected chi connectivity index (χ3v) is 2.42. The molecule has 0 spiro atoms. The summed E-state index contributed by atoms with van der Waals surface area (Å²) in [5.74, 6) is 0.308. The Labute approximate surface area is 79.8 Å². The number of Topliss-reactive ketones (excluding diaryl/α,β-unsaturated/α-hetero) is 1. The van der Waals surface area contributed by atoms with Crippen molar-refractivity contribution in [3.8, 4) is 0 Å². The Morgan fingerprint density at radius 3 is 2.69 bits per heavy atom. The van der Waals surface area contributed by atoms with E-state index in [-0.39, 0.29) is 0 Å². The molecule has 0 aromatic carbocycles. The van der Waals surface area contributed by atoms with Gasteiger partial charge in [-0.3, -0.25) is 4.79 Å². The Kier molecular flexibility index (Phi) is 3.69. The second kappa shape index (κ2) is 4.80. The van der Waals surface area contributed by atoms with E-state index in [4.69, 9.17) is 0 Å². The molecule has 1 nitrogen and oxygen atoms in total. The van der Waals surface area contributed by atoms with Crippen molar-refractivity contribution in [1.29, 1.82) is 0 Å². The van der Waals surface area contributed by atoms with Crippen LogP contribution in [0, 0.1) is 0 Å². The number of hydrogen-bond acceptors (Lipinski definition) is 1. The van der Waals surface area contributed by atoms with Crippen molar-refractivity contribution in [3.05, 3.63) is 36.5 Å². The van der Waals surface area contributed by atoms with E-state index in [0.29, 0.717) is 12.2 Å². The lowest BCUT2D eigenvalue weighted by atomic mass is 9.88. The molecule has 0 heterocycles. The zero-order chi connectivity index (χ0) is 9.68. The van der Waals surface area contributed by atoms with Crippen LogP contribution in [0.25, 0.3) is 0 Å². The summed E-state index contributed by atoms with van der Waals surface area (Å²) < 4.78 is 0. The van der Waals surface area contributed by atoms with Gasteiger partial charge in [-0.25, -0.2) is 0 Å². The van der Waals surface area contributed by atoms with Crippen molar-refractivity contribution in [3.63, 3.8) is 0 Å². The molecule has 1 aliphatic rings. The van der Waals surface area contributed by atoms with Gasteiger partial charge in [0.25, 0.3) is 0 Å². The quantitative estimate of drug-likeness (QED) is 0.601. The predicted molar refractivity (Wildman–Crippen MR) is 55.5 cm³/mol. The van der Waals surface area contributed by atoms with Crippen molar-refractivity contribution in [2.45, 2.75) is 32.1 Å². The minimum absolute atomic E-state index is 0.308. The fourth-order valence-electron chi connectivity index (χ4n) is 1.69. The average Bonchev–Trinajstić information content (AvgIpc) is 2.15. The Bertz CT molecular complexity index is 258. The van der Waals surface area contributed by atoms with E-state index in [2.05, 4.69) is 13.2 Å². The van der Waals surface area contributed by atoms with Gasteiger partial charge >= 0.3 is 0 Å². The molecular weight excluding hydrogens is 160 g/mol. The molecule has 0 amide bonds. The summed E-state index contributed by atoms with van der Waals surface area (Å²) in [6.07, 6.45) is 8.12. The Morgan fingerprint density at radius 1 is 1.31 bits per heavy atom. The van der Waals surface area contributed by atoms with Gasteiger partial charge in [0.2, 0.25) is 0 Å². The SMILES string of the molecule is C=CCCC1=C(C=C)CCCC1=O. The van der Waals surface area contributed by atoms with Crippen LogP contribution in [0.3, 0.4) is 0 Å². The molecule has 0 aliphatic heterocycles. The summed E-state index contributed by atoms with van der Waals surface area (Å²) in [6, 6.07) is 0. The van der Waals surface area contributed by atoms with E-state index in [0.717, 1.165) is 36.8 Å². The number of carbonyl (C=O) groups is 1. The first kappa shape index (κ1) is 9.97. The predicted octanol–water partition coefficient (Wildman–Crippen LogP) is 3.19. The normalized spacial score (nSPS) is 17.4. The fraction of sp³-hybridized carbons (Fsp3) is 0.417. The summed E-state index contributed by atoms with van der Waals surface area (Å²) in [7, 11) is 0. The Morgan fingerprint density at radius 2 is 2.08 bits per heavy atom. The number of ketones is 1. The van der Waals surface area contributed by atoms with Crippen LogP contribution in [-0.2, 0) is 4.79 Å². The van der Waals surface area contributed by atoms with Crippen LogP contribution < -0.4 is 0 Å². The summed E-state index contributed by atoms with van der Waals surface area (Å²) in [5, 5.41) is 0. The van der Waals surface area contributed by atoms with Gasteiger partial charge in [0, 0.05) is 6.42 Å².